The molecule has 3 heterocycles. The predicted molar refractivity (Wildman–Crippen MR) is 116 cm³/mol. The molecule has 1 unspecified atom stereocenters. The van der Waals surface area contributed by atoms with Crippen molar-refractivity contribution in [2.75, 3.05) is 43.6 Å². The van der Waals surface area contributed by atoms with Gasteiger partial charge in [0.1, 0.15) is 5.70 Å². The first kappa shape index (κ1) is 19.7. The molecule has 0 aliphatic carbocycles. The van der Waals surface area contributed by atoms with Crippen LogP contribution in [0.3, 0.4) is 0 Å². The van der Waals surface area contributed by atoms with Gasteiger partial charge in [-0.25, -0.2) is 4.90 Å². The average molecular weight is 412 g/mol. The maximum atomic E-state index is 13.5. The molecule has 29 heavy (non-hydrogen) atoms. The first-order chi connectivity index (χ1) is 14.0. The van der Waals surface area contributed by atoms with Gasteiger partial charge in [0.05, 0.1) is 11.3 Å². The van der Waals surface area contributed by atoms with Crippen molar-refractivity contribution in [3.8, 4) is 0 Å². The Bertz CT molecular complexity index is 935. The summed E-state index contributed by atoms with van der Waals surface area (Å²) in [5.41, 5.74) is 2.51. The molecule has 2 amide bonds. The van der Waals surface area contributed by atoms with Crippen LogP contribution in [-0.4, -0.2) is 55.6 Å². The van der Waals surface area contributed by atoms with E-state index in [-0.39, 0.29) is 24.3 Å². The fourth-order valence-electron chi connectivity index (χ4n) is 4.01. The van der Waals surface area contributed by atoms with Crippen LogP contribution < -0.4 is 9.80 Å². The molecule has 2 aliphatic heterocycles. The van der Waals surface area contributed by atoms with E-state index in [0.29, 0.717) is 30.0 Å². The monoisotopic (exact) mass is 411 g/mol. The molecule has 2 aromatic rings. The number of amides is 2. The van der Waals surface area contributed by atoms with Crippen LogP contribution in [0.5, 0.6) is 0 Å². The van der Waals surface area contributed by atoms with Crippen LogP contribution in [0.25, 0.3) is 5.57 Å². The van der Waals surface area contributed by atoms with Gasteiger partial charge in [-0.15, -0.1) is 11.3 Å². The number of piperidine rings is 1. The molecule has 0 radical (unpaired) electrons. The fraction of sp³-hybridized carbons (Fsp3) is 0.364. The van der Waals surface area contributed by atoms with E-state index < -0.39 is 0 Å². The number of aliphatic hydroxyl groups is 1. The number of benzene rings is 1. The highest BCUT2D eigenvalue weighted by Crippen LogP contribution is 2.38. The summed E-state index contributed by atoms with van der Waals surface area (Å²) in [5.74, 6) is -0.442. The Balaban J connectivity index is 1.74. The number of carbonyl (C=O) groups excluding carboxylic acids is 2. The Hall–Kier alpha value is -2.64. The van der Waals surface area contributed by atoms with Crippen LogP contribution in [0.1, 0.15) is 17.7 Å². The lowest BCUT2D eigenvalue weighted by Gasteiger charge is -2.34. The Labute approximate surface area is 174 Å². The molecule has 0 spiro atoms. The van der Waals surface area contributed by atoms with Crippen molar-refractivity contribution in [3.63, 3.8) is 0 Å². The maximum absolute atomic E-state index is 13.5. The van der Waals surface area contributed by atoms with Crippen LogP contribution in [0.2, 0.25) is 0 Å². The van der Waals surface area contributed by atoms with Gasteiger partial charge < -0.3 is 14.9 Å². The topological polar surface area (TPSA) is 64.1 Å². The van der Waals surface area contributed by atoms with E-state index >= 15 is 0 Å². The highest BCUT2D eigenvalue weighted by Gasteiger charge is 2.43. The lowest BCUT2D eigenvalue weighted by molar-refractivity contribution is -0.120. The van der Waals surface area contributed by atoms with Crippen molar-refractivity contribution in [3.05, 3.63) is 52.4 Å². The van der Waals surface area contributed by atoms with E-state index in [1.54, 1.807) is 0 Å². The van der Waals surface area contributed by atoms with E-state index in [4.69, 9.17) is 0 Å². The van der Waals surface area contributed by atoms with Crippen molar-refractivity contribution in [1.29, 1.82) is 0 Å². The van der Waals surface area contributed by atoms with Gasteiger partial charge in [0, 0.05) is 44.4 Å². The number of hydrogen-bond donors (Lipinski definition) is 1. The minimum Gasteiger partial charge on any atom is -0.396 e. The molecule has 1 aromatic heterocycles. The number of thiophene rings is 1. The van der Waals surface area contributed by atoms with Gasteiger partial charge in [-0.05, 0) is 54.5 Å². The summed E-state index contributed by atoms with van der Waals surface area (Å²) in [6.45, 7) is 1.40. The van der Waals surface area contributed by atoms with E-state index in [1.807, 2.05) is 65.7 Å². The second-order valence-electron chi connectivity index (χ2n) is 7.69. The molecular weight excluding hydrogens is 386 g/mol. The largest absolute Gasteiger partial charge is 0.396 e. The van der Waals surface area contributed by atoms with Gasteiger partial charge in [0.25, 0.3) is 11.8 Å². The smallest absolute Gasteiger partial charge is 0.282 e. The minimum absolute atomic E-state index is 0.0932. The number of carbonyl (C=O) groups is 2. The van der Waals surface area contributed by atoms with Crippen molar-refractivity contribution in [1.82, 2.24) is 4.90 Å². The number of imide groups is 1. The van der Waals surface area contributed by atoms with E-state index in [9.17, 15) is 14.7 Å². The highest BCUT2D eigenvalue weighted by molar-refractivity contribution is 7.11. The number of hydrogen-bond acceptors (Lipinski definition) is 6. The van der Waals surface area contributed by atoms with Crippen molar-refractivity contribution in [2.24, 2.45) is 5.92 Å². The summed E-state index contributed by atoms with van der Waals surface area (Å²) in [4.78, 5) is 32.9. The summed E-state index contributed by atoms with van der Waals surface area (Å²) >= 11 is 1.46. The van der Waals surface area contributed by atoms with Gasteiger partial charge in [0.2, 0.25) is 0 Å². The van der Waals surface area contributed by atoms with E-state index in [2.05, 4.69) is 0 Å². The van der Waals surface area contributed by atoms with Crippen molar-refractivity contribution >= 4 is 40.1 Å². The predicted octanol–water partition coefficient (Wildman–Crippen LogP) is 2.80. The number of rotatable bonds is 5. The first-order valence-corrected chi connectivity index (χ1v) is 10.7. The van der Waals surface area contributed by atoms with Gasteiger partial charge in [-0.3, -0.25) is 9.59 Å². The quantitative estimate of drug-likeness (QED) is 0.767. The molecule has 7 heteroatoms. The SMILES string of the molecule is CN(C)c1ccc(N2C(=O)C(c3cccs3)=C(N3CCCC(CO)C3)C2=O)cc1. The van der Waals surface area contributed by atoms with Gasteiger partial charge in [0.15, 0.2) is 0 Å². The summed E-state index contributed by atoms with van der Waals surface area (Å²) in [5, 5.41) is 11.5. The Morgan fingerprint density at radius 2 is 1.90 bits per heavy atom. The molecule has 6 nitrogen and oxygen atoms in total. The molecule has 152 valence electrons. The molecule has 2 aliphatic rings. The van der Waals surface area contributed by atoms with Crippen LogP contribution in [0.15, 0.2) is 47.5 Å². The summed E-state index contributed by atoms with van der Waals surface area (Å²) in [7, 11) is 3.90. The zero-order valence-corrected chi connectivity index (χ0v) is 17.5. The Kier molecular flexibility index (Phi) is 5.43. The zero-order valence-electron chi connectivity index (χ0n) is 16.7. The summed E-state index contributed by atoms with van der Waals surface area (Å²) < 4.78 is 0. The number of aliphatic hydroxyl groups excluding tert-OH is 1. The van der Waals surface area contributed by atoms with Gasteiger partial charge in [-0.1, -0.05) is 6.07 Å². The minimum atomic E-state index is -0.283. The van der Waals surface area contributed by atoms with Gasteiger partial charge >= 0.3 is 0 Å². The van der Waals surface area contributed by atoms with Crippen LogP contribution in [0, 0.1) is 5.92 Å². The Morgan fingerprint density at radius 3 is 2.52 bits per heavy atom. The molecular formula is C22H25N3O3S. The lowest BCUT2D eigenvalue weighted by atomic mass is 9.98. The van der Waals surface area contributed by atoms with E-state index in [0.717, 1.165) is 23.4 Å². The first-order valence-electron chi connectivity index (χ1n) is 9.81. The standard InChI is InChI=1S/C22H25N3O3S/c1-23(2)16-7-9-17(10-8-16)25-21(27)19(18-6-4-12-29-18)20(22(25)28)24-11-3-5-15(13-24)14-26/h4,6-10,12,15,26H,3,5,11,13-14H2,1-2H3. The molecule has 1 fully saturated rings. The molecule has 1 N–H and O–H groups in total. The fourth-order valence-corrected chi connectivity index (χ4v) is 4.77. The second kappa shape index (κ2) is 8.00. The second-order valence-corrected chi connectivity index (χ2v) is 8.64. The normalized spacial score (nSPS) is 20.0. The van der Waals surface area contributed by atoms with Gasteiger partial charge in [-0.2, -0.15) is 0 Å². The van der Waals surface area contributed by atoms with Crippen LogP contribution in [-0.2, 0) is 9.59 Å². The van der Waals surface area contributed by atoms with E-state index in [1.165, 1.54) is 16.2 Å². The third-order valence-electron chi connectivity index (χ3n) is 5.54. The third kappa shape index (κ3) is 3.56. The lowest BCUT2D eigenvalue weighted by Crippen LogP contribution is -2.40. The molecule has 0 saturated carbocycles. The average Bonchev–Trinajstić information content (AvgIpc) is 3.34. The molecule has 1 aromatic carbocycles. The third-order valence-corrected chi connectivity index (χ3v) is 6.43. The zero-order chi connectivity index (χ0) is 20.5. The van der Waals surface area contributed by atoms with Crippen LogP contribution >= 0.6 is 11.3 Å². The van der Waals surface area contributed by atoms with Crippen molar-refractivity contribution < 1.29 is 14.7 Å². The number of nitrogens with zero attached hydrogens (tertiary/aromatic N) is 3. The van der Waals surface area contributed by atoms with Crippen LogP contribution in [0.4, 0.5) is 11.4 Å². The molecule has 1 atom stereocenters. The molecule has 0 bridgehead atoms. The number of anilines is 2. The summed E-state index contributed by atoms with van der Waals surface area (Å²) in [6.07, 6.45) is 1.83. The summed E-state index contributed by atoms with van der Waals surface area (Å²) in [6, 6.07) is 11.2. The number of likely N-dealkylation sites (tertiary alicyclic amines) is 1. The maximum Gasteiger partial charge on any atom is 0.282 e. The Morgan fingerprint density at radius 1 is 1.14 bits per heavy atom. The molecule has 4 rings (SSSR count). The van der Waals surface area contributed by atoms with Crippen molar-refractivity contribution in [2.45, 2.75) is 12.8 Å². The molecule has 1 saturated heterocycles. The highest BCUT2D eigenvalue weighted by atomic mass is 32.1.